The Hall–Kier alpha value is -3.26. The van der Waals surface area contributed by atoms with Gasteiger partial charge >= 0.3 is 0 Å². The highest BCUT2D eigenvalue weighted by atomic mass is 127. The normalized spacial score (nSPS) is 17.1. The lowest BCUT2D eigenvalue weighted by molar-refractivity contribution is -0.137. The highest BCUT2D eigenvalue weighted by Gasteiger charge is 2.40. The molecule has 3 aromatic heterocycles. The van der Waals surface area contributed by atoms with Crippen molar-refractivity contribution >= 4 is 72.8 Å². The van der Waals surface area contributed by atoms with Crippen molar-refractivity contribution in [3.8, 4) is 11.1 Å². The maximum Gasteiger partial charge on any atom is 0.248 e. The van der Waals surface area contributed by atoms with Gasteiger partial charge in [-0.25, -0.2) is 15.0 Å². The highest BCUT2D eigenvalue weighted by Crippen LogP contribution is 2.31. The molecule has 2 amide bonds. The molecule has 1 saturated heterocycles. The number of amides is 2. The number of nitrogens with one attached hydrogen (secondary N) is 1. The summed E-state index contributed by atoms with van der Waals surface area (Å²) in [5, 5.41) is 7.95. The first kappa shape index (κ1) is 26.4. The van der Waals surface area contributed by atoms with Crippen molar-refractivity contribution < 1.29 is 14.4 Å². The molecule has 38 heavy (non-hydrogen) atoms. The number of aryl methyl sites for hydroxylation is 1. The molecule has 0 saturated carbocycles. The van der Waals surface area contributed by atoms with Crippen LogP contribution in [0.2, 0.25) is 0 Å². The molecule has 1 N–H and O–H groups in total. The molecular weight excluding hydrogens is 665 g/mol. The van der Waals surface area contributed by atoms with E-state index in [4.69, 9.17) is 0 Å². The van der Waals surface area contributed by atoms with Crippen LogP contribution >= 0.6 is 38.5 Å². The molecule has 12 heteroatoms. The summed E-state index contributed by atoms with van der Waals surface area (Å²) in [6.07, 6.45) is 4.69. The summed E-state index contributed by atoms with van der Waals surface area (Å²) in [5.74, 6) is 0.335. The molecule has 10 nitrogen and oxygen atoms in total. The average Bonchev–Trinajstić information content (AvgIpc) is 3.45. The van der Waals surface area contributed by atoms with Gasteiger partial charge in [-0.15, -0.1) is 0 Å². The fourth-order valence-electron chi connectivity index (χ4n) is 4.53. The first-order chi connectivity index (χ1) is 18.2. The number of rotatable bonds is 6. The molecule has 1 aromatic carbocycles. The van der Waals surface area contributed by atoms with Crippen LogP contribution in [0.3, 0.4) is 0 Å². The van der Waals surface area contributed by atoms with Crippen molar-refractivity contribution in [1.82, 2.24) is 29.6 Å². The van der Waals surface area contributed by atoms with Gasteiger partial charge < -0.3 is 10.2 Å². The molecule has 194 valence electrons. The van der Waals surface area contributed by atoms with Gasteiger partial charge in [0.25, 0.3) is 0 Å². The SMILES string of the molecule is CC(=O)c1nn(CC(=O)N2[C@H](I)CC[C@H]2C(=O)Nc2cccc(Br)n2)c2ccc(-c3cnc(C)nc3)cc12. The maximum atomic E-state index is 13.5. The summed E-state index contributed by atoms with van der Waals surface area (Å²) in [6.45, 7) is 3.16. The van der Waals surface area contributed by atoms with Crippen molar-refractivity contribution in [2.45, 2.75) is 43.3 Å². The summed E-state index contributed by atoms with van der Waals surface area (Å²) in [4.78, 5) is 53.4. The van der Waals surface area contributed by atoms with Gasteiger partial charge in [0.2, 0.25) is 11.8 Å². The summed E-state index contributed by atoms with van der Waals surface area (Å²) in [6, 6.07) is 10.2. The van der Waals surface area contributed by atoms with Gasteiger partial charge in [0.05, 0.1) is 9.57 Å². The highest BCUT2D eigenvalue weighted by molar-refractivity contribution is 14.1. The second-order valence-corrected chi connectivity index (χ2v) is 11.2. The minimum Gasteiger partial charge on any atom is -0.317 e. The number of alkyl halides is 1. The van der Waals surface area contributed by atoms with E-state index in [-0.39, 0.29) is 33.9 Å². The zero-order valence-corrected chi connectivity index (χ0v) is 24.3. The lowest BCUT2D eigenvalue weighted by atomic mass is 10.0. The van der Waals surface area contributed by atoms with E-state index in [0.29, 0.717) is 40.0 Å². The van der Waals surface area contributed by atoms with Crippen LogP contribution in [0.5, 0.6) is 0 Å². The van der Waals surface area contributed by atoms with Crippen molar-refractivity contribution in [2.75, 3.05) is 5.32 Å². The van der Waals surface area contributed by atoms with Crippen molar-refractivity contribution in [2.24, 2.45) is 0 Å². The average molecular weight is 688 g/mol. The summed E-state index contributed by atoms with van der Waals surface area (Å²) in [7, 11) is 0. The summed E-state index contributed by atoms with van der Waals surface area (Å²) in [5.41, 5.74) is 2.60. The predicted molar refractivity (Wildman–Crippen MR) is 154 cm³/mol. The third kappa shape index (κ3) is 5.32. The van der Waals surface area contributed by atoms with E-state index in [1.807, 2.05) is 25.1 Å². The number of pyridine rings is 1. The minimum atomic E-state index is -0.632. The molecule has 2 atom stereocenters. The number of aromatic nitrogens is 5. The lowest BCUT2D eigenvalue weighted by Crippen LogP contribution is -2.46. The second kappa shape index (κ2) is 10.8. The molecule has 0 radical (unpaired) electrons. The van der Waals surface area contributed by atoms with Crippen LogP contribution in [-0.4, -0.2) is 57.3 Å². The van der Waals surface area contributed by atoms with E-state index < -0.39 is 6.04 Å². The van der Waals surface area contributed by atoms with E-state index in [1.165, 1.54) is 11.6 Å². The molecule has 5 rings (SSSR count). The monoisotopic (exact) mass is 687 g/mol. The lowest BCUT2D eigenvalue weighted by Gasteiger charge is -2.27. The quantitative estimate of drug-likeness (QED) is 0.104. The second-order valence-electron chi connectivity index (χ2n) is 8.98. The zero-order valence-electron chi connectivity index (χ0n) is 20.6. The van der Waals surface area contributed by atoms with Crippen molar-refractivity contribution in [3.05, 3.63) is 64.9 Å². The van der Waals surface area contributed by atoms with Gasteiger partial charge in [0.1, 0.15) is 34.5 Å². The molecule has 1 aliphatic rings. The van der Waals surface area contributed by atoms with E-state index in [9.17, 15) is 14.4 Å². The van der Waals surface area contributed by atoms with Crippen molar-refractivity contribution in [3.63, 3.8) is 0 Å². The van der Waals surface area contributed by atoms with Crippen LogP contribution < -0.4 is 5.32 Å². The maximum absolute atomic E-state index is 13.5. The standard InChI is InChI=1S/C26H23BrIN7O3/c1-14(36)25-18-10-16(17-11-29-15(2)30-12-17)6-7-19(18)34(33-25)13-24(37)35-20(8-9-22(35)28)26(38)32-23-5-3-4-21(27)31-23/h3-7,10-12,20,22H,8-9,13H2,1-2H3,(H,31,32,38)/t20-,22-/m0/s1. The van der Waals surface area contributed by atoms with E-state index >= 15 is 0 Å². The number of carbonyl (C=O) groups excluding carboxylic acids is 3. The number of likely N-dealkylation sites (tertiary alicyclic amines) is 1. The van der Waals surface area contributed by atoms with E-state index in [1.54, 1.807) is 35.5 Å². The van der Waals surface area contributed by atoms with Crippen LogP contribution in [0.1, 0.15) is 36.1 Å². The number of Topliss-reactive ketones (excluding diaryl/α,β-unsaturated/α-hetero) is 1. The van der Waals surface area contributed by atoms with Crippen LogP contribution in [0.25, 0.3) is 22.0 Å². The molecule has 4 aromatic rings. The fraction of sp³-hybridized carbons (Fsp3) is 0.269. The Balaban J connectivity index is 1.41. The number of anilines is 1. The number of fused-ring (bicyclic) bond motifs is 1. The Kier molecular flexibility index (Phi) is 7.52. The van der Waals surface area contributed by atoms with E-state index in [0.717, 1.165) is 11.1 Å². The first-order valence-electron chi connectivity index (χ1n) is 11.9. The molecule has 1 aliphatic heterocycles. The molecule has 1 fully saturated rings. The smallest absolute Gasteiger partial charge is 0.248 e. The number of hydrogen-bond donors (Lipinski definition) is 1. The Bertz CT molecular complexity index is 1560. The molecule has 0 unspecified atom stereocenters. The number of benzene rings is 1. The number of hydrogen-bond acceptors (Lipinski definition) is 7. The van der Waals surface area contributed by atoms with Gasteiger partial charge in [-0.05, 0) is 65.5 Å². The zero-order chi connectivity index (χ0) is 27.0. The molecule has 0 spiro atoms. The molecule has 0 bridgehead atoms. The largest absolute Gasteiger partial charge is 0.317 e. The third-order valence-electron chi connectivity index (χ3n) is 6.36. The number of halogens is 2. The Morgan fingerprint density at radius 1 is 1.11 bits per heavy atom. The Morgan fingerprint density at radius 3 is 2.58 bits per heavy atom. The predicted octanol–water partition coefficient (Wildman–Crippen LogP) is 4.55. The third-order valence-corrected chi connectivity index (χ3v) is 8.02. The van der Waals surface area contributed by atoms with Crippen molar-refractivity contribution in [1.29, 1.82) is 0 Å². The van der Waals surface area contributed by atoms with Gasteiger partial charge in [-0.3, -0.25) is 19.1 Å². The molecule has 4 heterocycles. The number of carbonyl (C=O) groups is 3. The summed E-state index contributed by atoms with van der Waals surface area (Å²) >= 11 is 5.49. The first-order valence-corrected chi connectivity index (χ1v) is 13.9. The summed E-state index contributed by atoms with van der Waals surface area (Å²) < 4.78 is 2.00. The van der Waals surface area contributed by atoms with Crippen LogP contribution in [0.4, 0.5) is 5.82 Å². The minimum absolute atomic E-state index is 0.102. The number of nitrogens with zero attached hydrogens (tertiary/aromatic N) is 6. The van der Waals surface area contributed by atoms with Crippen LogP contribution in [0.15, 0.2) is 53.4 Å². The fourth-order valence-corrected chi connectivity index (χ4v) is 5.94. The van der Waals surface area contributed by atoms with Gasteiger partial charge in [0.15, 0.2) is 5.78 Å². The number of ketones is 1. The Labute approximate surface area is 240 Å². The van der Waals surface area contributed by atoms with E-state index in [2.05, 4.69) is 63.9 Å². The van der Waals surface area contributed by atoms with Gasteiger partial charge in [0, 0.05) is 30.3 Å². The van der Waals surface area contributed by atoms with Crippen LogP contribution in [0, 0.1) is 6.92 Å². The Morgan fingerprint density at radius 2 is 1.87 bits per heavy atom. The molecule has 0 aliphatic carbocycles. The van der Waals surface area contributed by atoms with Crippen LogP contribution in [-0.2, 0) is 16.1 Å². The topological polar surface area (TPSA) is 123 Å². The molecular formula is C26H23BrIN7O3. The van der Waals surface area contributed by atoms with Gasteiger partial charge in [-0.2, -0.15) is 5.10 Å². The van der Waals surface area contributed by atoms with Gasteiger partial charge in [-0.1, -0.05) is 34.7 Å².